The van der Waals surface area contributed by atoms with Crippen LogP contribution < -0.4 is 0 Å². The van der Waals surface area contributed by atoms with Gasteiger partial charge in [0.25, 0.3) is 0 Å². The second-order valence-corrected chi connectivity index (χ2v) is 7.53. The summed E-state index contributed by atoms with van der Waals surface area (Å²) < 4.78 is 9.40. The third kappa shape index (κ3) is 3.01. The molecule has 5 nitrogen and oxygen atoms in total. The molecule has 0 saturated heterocycles. The Kier molecular flexibility index (Phi) is 4.28. The summed E-state index contributed by atoms with van der Waals surface area (Å²) in [5, 5.41) is 1.84. The number of ketones is 1. The number of thiophene rings is 1. The fraction of sp³-hybridized carbons (Fsp3) is 0.300. The number of hydrogen-bond acceptors (Lipinski definition) is 4. The van der Waals surface area contributed by atoms with Crippen molar-refractivity contribution in [1.82, 2.24) is 9.13 Å². The number of nitrogens with zero attached hydrogens (tertiary/aromatic N) is 2. The number of ether oxygens (including phenoxy) is 1. The second kappa shape index (κ2) is 6.61. The van der Waals surface area contributed by atoms with E-state index in [9.17, 15) is 9.59 Å². The molecule has 0 unspecified atom stereocenters. The first-order valence-corrected chi connectivity index (χ1v) is 9.54. The zero-order valence-corrected chi connectivity index (χ0v) is 15.6. The molecule has 0 aliphatic heterocycles. The van der Waals surface area contributed by atoms with Crippen LogP contribution in [0.3, 0.4) is 0 Å². The van der Waals surface area contributed by atoms with E-state index in [2.05, 4.69) is 4.57 Å². The van der Waals surface area contributed by atoms with Crippen LogP contribution in [0.25, 0.3) is 5.69 Å². The lowest BCUT2D eigenvalue weighted by atomic mass is 10.1. The van der Waals surface area contributed by atoms with Gasteiger partial charge in [-0.2, -0.15) is 0 Å². The summed E-state index contributed by atoms with van der Waals surface area (Å²) in [6, 6.07) is 8.08. The van der Waals surface area contributed by atoms with Gasteiger partial charge in [0.15, 0.2) is 6.61 Å². The Labute approximate surface area is 155 Å². The first-order chi connectivity index (χ1) is 12.6. The van der Waals surface area contributed by atoms with Crippen LogP contribution in [0.2, 0.25) is 0 Å². The minimum absolute atomic E-state index is 0.155. The number of carbonyl (C=O) groups excluding carboxylic acids is 2. The van der Waals surface area contributed by atoms with Crippen molar-refractivity contribution < 1.29 is 14.3 Å². The number of esters is 1. The van der Waals surface area contributed by atoms with Crippen molar-refractivity contribution in [2.24, 2.45) is 0 Å². The van der Waals surface area contributed by atoms with Gasteiger partial charge in [0.05, 0.1) is 5.69 Å². The first-order valence-electron chi connectivity index (χ1n) is 8.66. The summed E-state index contributed by atoms with van der Waals surface area (Å²) in [4.78, 5) is 25.5. The Morgan fingerprint density at radius 1 is 1.23 bits per heavy atom. The molecule has 1 aliphatic carbocycles. The summed E-state index contributed by atoms with van der Waals surface area (Å²) in [7, 11) is 0. The zero-order chi connectivity index (χ0) is 18.3. The fourth-order valence-corrected chi connectivity index (χ4v) is 4.16. The van der Waals surface area contributed by atoms with Crippen molar-refractivity contribution in [2.75, 3.05) is 6.61 Å². The third-order valence-electron chi connectivity index (χ3n) is 4.74. The second-order valence-electron chi connectivity index (χ2n) is 6.61. The van der Waals surface area contributed by atoms with Gasteiger partial charge in [-0.3, -0.25) is 4.79 Å². The Bertz CT molecular complexity index is 962. The highest BCUT2D eigenvalue weighted by molar-refractivity contribution is 7.12. The normalized spacial score (nSPS) is 13.8. The number of hydrogen-bond donors (Lipinski definition) is 0. The van der Waals surface area contributed by atoms with E-state index >= 15 is 0 Å². The summed E-state index contributed by atoms with van der Waals surface area (Å²) in [5.74, 6) is -0.620. The van der Waals surface area contributed by atoms with E-state index in [1.54, 1.807) is 0 Å². The molecular formula is C20H20N2O3S. The molecule has 3 aromatic heterocycles. The predicted octanol–water partition coefficient (Wildman–Crippen LogP) is 4.33. The minimum atomic E-state index is -0.465. The lowest BCUT2D eigenvalue weighted by Crippen LogP contribution is -2.15. The van der Waals surface area contributed by atoms with Crippen LogP contribution in [0.1, 0.15) is 50.3 Å². The summed E-state index contributed by atoms with van der Waals surface area (Å²) in [5.41, 5.74) is 3.48. The number of aryl methyl sites for hydroxylation is 1. The van der Waals surface area contributed by atoms with Crippen molar-refractivity contribution >= 4 is 23.1 Å². The molecule has 3 aromatic rings. The zero-order valence-electron chi connectivity index (χ0n) is 14.8. The largest absolute Gasteiger partial charge is 0.453 e. The summed E-state index contributed by atoms with van der Waals surface area (Å²) in [6.45, 7) is 3.74. The highest BCUT2D eigenvalue weighted by Crippen LogP contribution is 2.38. The third-order valence-corrected chi connectivity index (χ3v) is 5.63. The molecule has 26 heavy (non-hydrogen) atoms. The molecule has 0 amide bonds. The Balaban J connectivity index is 1.46. The monoisotopic (exact) mass is 368 g/mol. The maximum Gasteiger partial charge on any atom is 0.350 e. The average molecular weight is 368 g/mol. The van der Waals surface area contributed by atoms with Gasteiger partial charge < -0.3 is 13.9 Å². The highest BCUT2D eigenvalue weighted by Gasteiger charge is 2.28. The van der Waals surface area contributed by atoms with Crippen molar-refractivity contribution in [3.05, 3.63) is 63.9 Å². The molecule has 3 heterocycles. The van der Waals surface area contributed by atoms with E-state index in [1.165, 1.54) is 24.2 Å². The van der Waals surface area contributed by atoms with E-state index in [-0.39, 0.29) is 12.4 Å². The molecule has 0 atom stereocenters. The van der Waals surface area contributed by atoms with Crippen LogP contribution in [-0.2, 0) is 4.74 Å². The van der Waals surface area contributed by atoms with E-state index < -0.39 is 5.97 Å². The molecule has 0 bridgehead atoms. The van der Waals surface area contributed by atoms with Gasteiger partial charge in [-0.1, -0.05) is 0 Å². The number of carbonyl (C=O) groups is 2. The van der Waals surface area contributed by atoms with Crippen molar-refractivity contribution in [3.63, 3.8) is 0 Å². The molecule has 4 rings (SSSR count). The molecular weight excluding hydrogens is 348 g/mol. The van der Waals surface area contributed by atoms with Gasteiger partial charge in [0, 0.05) is 35.4 Å². The average Bonchev–Trinajstić information content (AvgIpc) is 3.04. The van der Waals surface area contributed by atoms with Crippen LogP contribution >= 0.6 is 11.3 Å². The smallest absolute Gasteiger partial charge is 0.350 e. The van der Waals surface area contributed by atoms with Gasteiger partial charge in [-0.25, -0.2) is 4.79 Å². The molecule has 1 aliphatic rings. The summed E-state index contributed by atoms with van der Waals surface area (Å²) in [6.07, 6.45) is 6.08. The fourth-order valence-electron chi connectivity index (χ4n) is 3.38. The van der Waals surface area contributed by atoms with Gasteiger partial charge in [-0.05, 0) is 56.3 Å². The quantitative estimate of drug-likeness (QED) is 0.481. The van der Waals surface area contributed by atoms with E-state index in [1.807, 2.05) is 60.5 Å². The van der Waals surface area contributed by atoms with Crippen molar-refractivity contribution in [2.45, 2.75) is 32.7 Å². The van der Waals surface area contributed by atoms with Gasteiger partial charge in [0.1, 0.15) is 4.88 Å². The SMILES string of the molecule is Cc1cc(C(=O)COC(=O)c2sccc2-n2cccc2)c(C)n1C1CC1. The van der Waals surface area contributed by atoms with Crippen molar-refractivity contribution in [3.8, 4) is 5.69 Å². The Morgan fingerprint density at radius 2 is 1.96 bits per heavy atom. The van der Waals surface area contributed by atoms with Crippen LogP contribution in [0.15, 0.2) is 42.0 Å². The van der Waals surface area contributed by atoms with Crippen LogP contribution in [0, 0.1) is 13.8 Å². The Morgan fingerprint density at radius 3 is 2.65 bits per heavy atom. The van der Waals surface area contributed by atoms with E-state index in [0.29, 0.717) is 16.5 Å². The molecule has 0 aromatic carbocycles. The number of rotatable bonds is 6. The van der Waals surface area contributed by atoms with Gasteiger partial charge in [0.2, 0.25) is 5.78 Å². The predicted molar refractivity (Wildman–Crippen MR) is 100 cm³/mol. The molecule has 1 fully saturated rings. The number of Topliss-reactive ketones (excluding diaryl/α,β-unsaturated/α-hetero) is 1. The topological polar surface area (TPSA) is 53.2 Å². The van der Waals surface area contributed by atoms with Crippen LogP contribution in [0.5, 0.6) is 0 Å². The molecule has 6 heteroatoms. The molecule has 0 radical (unpaired) electrons. The first kappa shape index (κ1) is 16.8. The molecule has 134 valence electrons. The Hall–Kier alpha value is -2.60. The summed E-state index contributed by atoms with van der Waals surface area (Å²) >= 11 is 1.31. The van der Waals surface area contributed by atoms with E-state index in [4.69, 9.17) is 4.74 Å². The maximum atomic E-state index is 12.6. The lowest BCUT2D eigenvalue weighted by molar-refractivity contribution is 0.0479. The minimum Gasteiger partial charge on any atom is -0.453 e. The highest BCUT2D eigenvalue weighted by atomic mass is 32.1. The van der Waals surface area contributed by atoms with Crippen LogP contribution in [-0.4, -0.2) is 27.5 Å². The van der Waals surface area contributed by atoms with E-state index in [0.717, 1.165) is 17.1 Å². The van der Waals surface area contributed by atoms with Crippen LogP contribution in [0.4, 0.5) is 0 Å². The maximum absolute atomic E-state index is 12.6. The molecule has 0 N–H and O–H groups in total. The number of aromatic nitrogens is 2. The standard InChI is InChI=1S/C20H20N2O3S/c1-13-11-16(14(2)22(13)15-5-6-15)18(23)12-25-20(24)19-17(7-10-26-19)21-8-3-4-9-21/h3-4,7-11,15H,5-6,12H2,1-2H3. The van der Waals surface area contributed by atoms with Gasteiger partial charge >= 0.3 is 5.97 Å². The molecule has 0 spiro atoms. The lowest BCUT2D eigenvalue weighted by Gasteiger charge is -2.08. The van der Waals surface area contributed by atoms with Gasteiger partial charge in [-0.15, -0.1) is 11.3 Å². The van der Waals surface area contributed by atoms with Crippen molar-refractivity contribution in [1.29, 1.82) is 0 Å². The molecule has 1 saturated carbocycles.